The van der Waals surface area contributed by atoms with Crippen LogP contribution in [0.3, 0.4) is 0 Å². The number of benzene rings is 2. The number of H-pyrrole nitrogens is 1. The summed E-state index contributed by atoms with van der Waals surface area (Å²) >= 11 is 0. The first-order valence-electron chi connectivity index (χ1n) is 8.80. The summed E-state index contributed by atoms with van der Waals surface area (Å²) in [6.45, 7) is 1.64. The highest BCUT2D eigenvalue weighted by atomic mass is 16.4. The van der Waals surface area contributed by atoms with E-state index in [2.05, 4.69) is 15.5 Å². The van der Waals surface area contributed by atoms with Gasteiger partial charge in [-0.3, -0.25) is 9.59 Å². The molecule has 0 fully saturated rings. The molecule has 1 heterocycles. The minimum Gasteiger partial charge on any atom is -0.480 e. The van der Waals surface area contributed by atoms with Crippen LogP contribution in [0.5, 0.6) is 0 Å². The smallest absolute Gasteiger partial charge is 0.326 e. The summed E-state index contributed by atoms with van der Waals surface area (Å²) in [7, 11) is 0. The molecule has 0 aliphatic heterocycles. The van der Waals surface area contributed by atoms with E-state index < -0.39 is 23.5 Å². The molecule has 142 valence electrons. The molecule has 7 heteroatoms. The van der Waals surface area contributed by atoms with Gasteiger partial charge in [0.1, 0.15) is 11.6 Å². The summed E-state index contributed by atoms with van der Waals surface area (Å²) in [5.41, 5.74) is 1.29. The summed E-state index contributed by atoms with van der Waals surface area (Å²) in [5, 5.41) is 18.2. The summed E-state index contributed by atoms with van der Waals surface area (Å²) in [5.74, 6) is -1.92. The van der Waals surface area contributed by atoms with Gasteiger partial charge in [-0.15, -0.1) is 0 Å². The van der Waals surface area contributed by atoms with Gasteiger partial charge in [0.2, 0.25) is 0 Å². The maximum atomic E-state index is 12.9. The largest absolute Gasteiger partial charge is 0.480 e. The molecule has 1 aromatic heterocycles. The van der Waals surface area contributed by atoms with Crippen LogP contribution >= 0.6 is 0 Å². The molecule has 0 radical (unpaired) electrons. The molecule has 1 atom stereocenters. The van der Waals surface area contributed by atoms with Crippen LogP contribution < -0.4 is 10.9 Å². The van der Waals surface area contributed by atoms with Gasteiger partial charge in [0.05, 0.1) is 5.69 Å². The lowest BCUT2D eigenvalue weighted by Gasteiger charge is -2.16. The topological polar surface area (TPSA) is 112 Å². The van der Waals surface area contributed by atoms with Crippen LogP contribution in [0, 0.1) is 0 Å². The van der Waals surface area contributed by atoms with Crippen LogP contribution in [0.2, 0.25) is 0 Å². The van der Waals surface area contributed by atoms with Crippen molar-refractivity contribution in [2.45, 2.75) is 19.4 Å². The molecule has 3 aromatic rings. The lowest BCUT2D eigenvalue weighted by molar-refractivity contribution is -0.139. The molecular weight excluding hydrogens is 358 g/mol. The zero-order chi connectivity index (χ0) is 20.1. The van der Waals surface area contributed by atoms with E-state index in [-0.39, 0.29) is 12.0 Å². The van der Waals surface area contributed by atoms with E-state index in [0.29, 0.717) is 16.8 Å². The van der Waals surface area contributed by atoms with Crippen molar-refractivity contribution in [3.05, 3.63) is 76.6 Å². The fraction of sp³-hybridized carbons (Fsp3) is 0.143. The number of nitrogens with one attached hydrogen (secondary N) is 2. The highest BCUT2D eigenvalue weighted by Crippen LogP contribution is 2.31. The first kappa shape index (κ1) is 19.0. The molecular formula is C21H19N3O4. The Labute approximate surface area is 161 Å². The second-order valence-electron chi connectivity index (χ2n) is 6.16. The number of carboxylic acid groups (broad SMARTS) is 1. The third-order valence-corrected chi connectivity index (χ3v) is 4.33. The number of amides is 1. The van der Waals surface area contributed by atoms with Gasteiger partial charge in [0, 0.05) is 11.1 Å². The number of rotatable bonds is 6. The monoisotopic (exact) mass is 377 g/mol. The highest BCUT2D eigenvalue weighted by molar-refractivity contribution is 6.04. The molecule has 0 aliphatic carbocycles. The van der Waals surface area contributed by atoms with E-state index in [0.717, 1.165) is 5.56 Å². The zero-order valence-corrected chi connectivity index (χ0v) is 15.2. The van der Waals surface area contributed by atoms with Crippen molar-refractivity contribution in [1.29, 1.82) is 0 Å². The molecule has 3 rings (SSSR count). The quantitative estimate of drug-likeness (QED) is 0.611. The number of carboxylic acids is 1. The van der Waals surface area contributed by atoms with Crippen molar-refractivity contribution in [1.82, 2.24) is 15.5 Å². The molecule has 0 aliphatic rings. The van der Waals surface area contributed by atoms with Crippen LogP contribution in [-0.4, -0.2) is 33.2 Å². The molecule has 1 unspecified atom stereocenters. The van der Waals surface area contributed by atoms with E-state index in [1.54, 1.807) is 31.2 Å². The molecule has 0 saturated carbocycles. The molecule has 7 nitrogen and oxygen atoms in total. The third kappa shape index (κ3) is 3.83. The number of hydrogen-bond donors (Lipinski definition) is 3. The number of carbonyl (C=O) groups excluding carboxylic acids is 1. The molecule has 1 amide bonds. The molecule has 2 aromatic carbocycles. The summed E-state index contributed by atoms with van der Waals surface area (Å²) in [6.07, 6.45) is 0.191. The summed E-state index contributed by atoms with van der Waals surface area (Å²) in [4.78, 5) is 36.8. The number of hydrogen-bond acceptors (Lipinski definition) is 4. The number of aromatic nitrogens is 2. The Hall–Kier alpha value is -3.74. The van der Waals surface area contributed by atoms with Crippen LogP contribution in [0.25, 0.3) is 22.4 Å². The Balaban J connectivity index is 2.23. The third-order valence-electron chi connectivity index (χ3n) is 4.33. The van der Waals surface area contributed by atoms with Crippen molar-refractivity contribution in [3.8, 4) is 22.4 Å². The standard InChI is InChI=1S/C21H19N3O4/c1-2-15(21(27)28)22-19(25)17-16(13-9-5-3-6-10-13)18(23-24-20(17)26)14-11-7-4-8-12-14/h3-12,15H,2H2,1H3,(H,22,25)(H,24,26)(H,27,28). The maximum Gasteiger partial charge on any atom is 0.326 e. The first-order chi connectivity index (χ1) is 13.5. The molecule has 0 spiro atoms. The average molecular weight is 377 g/mol. The predicted molar refractivity (Wildman–Crippen MR) is 105 cm³/mol. The van der Waals surface area contributed by atoms with Crippen LogP contribution in [-0.2, 0) is 4.79 Å². The van der Waals surface area contributed by atoms with Gasteiger partial charge in [-0.1, -0.05) is 67.6 Å². The second-order valence-corrected chi connectivity index (χ2v) is 6.16. The van der Waals surface area contributed by atoms with Gasteiger partial charge >= 0.3 is 5.97 Å². The normalized spacial score (nSPS) is 11.6. The van der Waals surface area contributed by atoms with E-state index >= 15 is 0 Å². The Bertz CT molecular complexity index is 1050. The van der Waals surface area contributed by atoms with Crippen molar-refractivity contribution in [2.75, 3.05) is 0 Å². The fourth-order valence-electron chi connectivity index (χ4n) is 2.93. The summed E-state index contributed by atoms with van der Waals surface area (Å²) < 4.78 is 0. The number of nitrogens with zero attached hydrogens (tertiary/aromatic N) is 1. The van der Waals surface area contributed by atoms with Crippen molar-refractivity contribution in [2.24, 2.45) is 0 Å². The van der Waals surface area contributed by atoms with Gasteiger partial charge in [-0.2, -0.15) is 5.10 Å². The zero-order valence-electron chi connectivity index (χ0n) is 15.2. The van der Waals surface area contributed by atoms with Crippen molar-refractivity contribution in [3.63, 3.8) is 0 Å². The minimum atomic E-state index is -1.16. The Morgan fingerprint density at radius 3 is 2.14 bits per heavy atom. The lowest BCUT2D eigenvalue weighted by Crippen LogP contribution is -2.42. The van der Waals surface area contributed by atoms with Crippen LogP contribution in [0.4, 0.5) is 0 Å². The fourth-order valence-corrected chi connectivity index (χ4v) is 2.93. The first-order valence-corrected chi connectivity index (χ1v) is 8.80. The van der Waals surface area contributed by atoms with Gasteiger partial charge in [0.25, 0.3) is 11.5 Å². The lowest BCUT2D eigenvalue weighted by atomic mass is 9.95. The minimum absolute atomic E-state index is 0.167. The highest BCUT2D eigenvalue weighted by Gasteiger charge is 2.26. The Morgan fingerprint density at radius 1 is 1.04 bits per heavy atom. The number of aliphatic carboxylic acids is 1. The van der Waals surface area contributed by atoms with Crippen LogP contribution in [0.15, 0.2) is 65.5 Å². The van der Waals surface area contributed by atoms with E-state index in [9.17, 15) is 19.5 Å². The average Bonchev–Trinajstić information content (AvgIpc) is 2.72. The summed E-state index contributed by atoms with van der Waals surface area (Å²) in [6, 6.07) is 17.0. The molecule has 3 N–H and O–H groups in total. The predicted octanol–water partition coefficient (Wildman–Crippen LogP) is 2.70. The number of aromatic amines is 1. The van der Waals surface area contributed by atoms with Gasteiger partial charge in [0.15, 0.2) is 0 Å². The van der Waals surface area contributed by atoms with Gasteiger partial charge in [-0.05, 0) is 12.0 Å². The van der Waals surface area contributed by atoms with E-state index in [1.807, 2.05) is 36.4 Å². The van der Waals surface area contributed by atoms with Crippen molar-refractivity contribution < 1.29 is 14.7 Å². The van der Waals surface area contributed by atoms with Crippen molar-refractivity contribution >= 4 is 11.9 Å². The maximum absolute atomic E-state index is 12.9. The van der Waals surface area contributed by atoms with E-state index in [1.165, 1.54) is 0 Å². The van der Waals surface area contributed by atoms with E-state index in [4.69, 9.17) is 0 Å². The Morgan fingerprint density at radius 2 is 1.61 bits per heavy atom. The Kier molecular flexibility index (Phi) is 5.64. The van der Waals surface area contributed by atoms with Crippen LogP contribution in [0.1, 0.15) is 23.7 Å². The number of carbonyl (C=O) groups is 2. The molecule has 28 heavy (non-hydrogen) atoms. The molecule has 0 saturated heterocycles. The second kappa shape index (κ2) is 8.30. The van der Waals surface area contributed by atoms with Gasteiger partial charge < -0.3 is 10.4 Å². The SMILES string of the molecule is CCC(NC(=O)c1c(-c2ccccc2)c(-c2ccccc2)n[nH]c1=O)C(=O)O. The molecule has 0 bridgehead atoms. The van der Waals surface area contributed by atoms with Gasteiger partial charge in [-0.25, -0.2) is 9.89 Å².